The summed E-state index contributed by atoms with van der Waals surface area (Å²) in [5.41, 5.74) is 0.452. The van der Waals surface area contributed by atoms with Gasteiger partial charge in [-0.1, -0.05) is 12.8 Å². The fourth-order valence-corrected chi connectivity index (χ4v) is 2.72. The van der Waals surface area contributed by atoms with E-state index in [4.69, 9.17) is 4.74 Å². The Balaban J connectivity index is 1.67. The van der Waals surface area contributed by atoms with Gasteiger partial charge in [-0.15, -0.1) is 0 Å². The van der Waals surface area contributed by atoms with Gasteiger partial charge in [0.1, 0.15) is 5.69 Å². The second kappa shape index (κ2) is 6.17. The third kappa shape index (κ3) is 3.07. The average molecular weight is 276 g/mol. The molecule has 1 aromatic rings. The molecule has 1 aliphatic carbocycles. The summed E-state index contributed by atoms with van der Waals surface area (Å²) in [5, 5.41) is 3.05. The number of hydrogen-bond acceptors (Lipinski definition) is 5. The number of aromatic nitrogens is 2. The van der Waals surface area contributed by atoms with Crippen LogP contribution < -0.4 is 10.2 Å². The fourth-order valence-electron chi connectivity index (χ4n) is 2.72. The molecule has 1 N–H and O–H groups in total. The first kappa shape index (κ1) is 13.3. The summed E-state index contributed by atoms with van der Waals surface area (Å²) in [7, 11) is 0. The van der Waals surface area contributed by atoms with E-state index in [-0.39, 0.29) is 5.91 Å². The second-order valence-corrected chi connectivity index (χ2v) is 5.30. The van der Waals surface area contributed by atoms with Crippen molar-refractivity contribution >= 4 is 11.9 Å². The molecule has 0 spiro atoms. The number of nitrogens with zero attached hydrogens (tertiary/aromatic N) is 3. The van der Waals surface area contributed by atoms with Gasteiger partial charge in [0.05, 0.1) is 13.2 Å². The molecule has 0 unspecified atom stereocenters. The zero-order chi connectivity index (χ0) is 13.8. The smallest absolute Gasteiger partial charge is 0.270 e. The molecule has 20 heavy (non-hydrogen) atoms. The van der Waals surface area contributed by atoms with E-state index < -0.39 is 0 Å². The van der Waals surface area contributed by atoms with Gasteiger partial charge in [-0.05, 0) is 18.9 Å². The molecule has 6 nitrogen and oxygen atoms in total. The van der Waals surface area contributed by atoms with Gasteiger partial charge >= 0.3 is 0 Å². The Hall–Kier alpha value is -1.69. The fraction of sp³-hybridized carbons (Fsp3) is 0.643. The van der Waals surface area contributed by atoms with Gasteiger partial charge in [-0.25, -0.2) is 9.97 Å². The lowest BCUT2D eigenvalue weighted by Crippen LogP contribution is -2.38. The average Bonchev–Trinajstić information content (AvgIpc) is 3.01. The van der Waals surface area contributed by atoms with Crippen molar-refractivity contribution in [2.24, 2.45) is 0 Å². The number of ether oxygens (including phenoxy) is 1. The maximum Gasteiger partial charge on any atom is 0.270 e. The zero-order valence-corrected chi connectivity index (χ0v) is 11.5. The van der Waals surface area contributed by atoms with Crippen LogP contribution in [0.2, 0.25) is 0 Å². The number of hydrogen-bond donors (Lipinski definition) is 1. The Kier molecular flexibility index (Phi) is 4.11. The predicted octanol–water partition coefficient (Wildman–Crippen LogP) is 0.986. The van der Waals surface area contributed by atoms with Gasteiger partial charge in [-0.2, -0.15) is 0 Å². The molecule has 2 heterocycles. The van der Waals surface area contributed by atoms with Gasteiger partial charge in [0.15, 0.2) is 0 Å². The van der Waals surface area contributed by atoms with Crippen molar-refractivity contribution < 1.29 is 9.53 Å². The standard InChI is InChI=1S/C14H20N4O2/c19-13(16-11-3-1-2-4-11)12-5-6-15-14(17-12)18-7-9-20-10-8-18/h5-6,11H,1-4,7-10H2,(H,16,19). The topological polar surface area (TPSA) is 67.4 Å². The summed E-state index contributed by atoms with van der Waals surface area (Å²) in [5.74, 6) is 0.529. The van der Waals surface area contributed by atoms with Gasteiger partial charge in [0.2, 0.25) is 5.95 Å². The largest absolute Gasteiger partial charge is 0.378 e. The highest BCUT2D eigenvalue weighted by atomic mass is 16.5. The summed E-state index contributed by atoms with van der Waals surface area (Å²) >= 11 is 0. The van der Waals surface area contributed by atoms with Crippen molar-refractivity contribution in [3.63, 3.8) is 0 Å². The van der Waals surface area contributed by atoms with Gasteiger partial charge in [0, 0.05) is 25.3 Å². The molecular weight excluding hydrogens is 256 g/mol. The van der Waals surface area contributed by atoms with E-state index in [0.717, 1.165) is 25.9 Å². The van der Waals surface area contributed by atoms with Crippen LogP contribution in [0.25, 0.3) is 0 Å². The van der Waals surface area contributed by atoms with Crippen molar-refractivity contribution in [1.82, 2.24) is 15.3 Å². The van der Waals surface area contributed by atoms with E-state index in [1.807, 2.05) is 0 Å². The molecule has 2 fully saturated rings. The Morgan fingerprint density at radius 3 is 2.80 bits per heavy atom. The molecule has 0 aromatic carbocycles. The first-order valence-electron chi connectivity index (χ1n) is 7.29. The van der Waals surface area contributed by atoms with Gasteiger partial charge in [-0.3, -0.25) is 4.79 Å². The number of morpholine rings is 1. The highest BCUT2D eigenvalue weighted by molar-refractivity contribution is 5.92. The molecule has 108 valence electrons. The number of rotatable bonds is 3. The van der Waals surface area contributed by atoms with Crippen molar-refractivity contribution in [3.05, 3.63) is 18.0 Å². The zero-order valence-electron chi connectivity index (χ0n) is 11.5. The monoisotopic (exact) mass is 276 g/mol. The predicted molar refractivity (Wildman–Crippen MR) is 74.8 cm³/mol. The van der Waals surface area contributed by atoms with Crippen LogP contribution in [0.3, 0.4) is 0 Å². The molecule has 0 radical (unpaired) electrons. The molecular formula is C14H20N4O2. The Labute approximate surface area is 118 Å². The first-order chi connectivity index (χ1) is 9.83. The Morgan fingerprint density at radius 2 is 2.05 bits per heavy atom. The maximum absolute atomic E-state index is 12.2. The van der Waals surface area contributed by atoms with Crippen molar-refractivity contribution in [1.29, 1.82) is 0 Å². The van der Waals surface area contributed by atoms with Crippen LogP contribution in [-0.2, 0) is 4.74 Å². The van der Waals surface area contributed by atoms with E-state index in [1.165, 1.54) is 12.8 Å². The third-order valence-electron chi connectivity index (χ3n) is 3.86. The van der Waals surface area contributed by atoms with E-state index in [0.29, 0.717) is 30.9 Å². The summed E-state index contributed by atoms with van der Waals surface area (Å²) in [6.45, 7) is 2.91. The van der Waals surface area contributed by atoms with Crippen molar-refractivity contribution in [2.45, 2.75) is 31.7 Å². The van der Waals surface area contributed by atoms with Crippen LogP contribution in [0.5, 0.6) is 0 Å². The van der Waals surface area contributed by atoms with E-state index >= 15 is 0 Å². The van der Waals surface area contributed by atoms with E-state index in [1.54, 1.807) is 12.3 Å². The number of nitrogens with one attached hydrogen (secondary N) is 1. The highest BCUT2D eigenvalue weighted by Gasteiger charge is 2.20. The highest BCUT2D eigenvalue weighted by Crippen LogP contribution is 2.18. The molecule has 1 aliphatic heterocycles. The molecule has 3 rings (SSSR count). The van der Waals surface area contributed by atoms with E-state index in [2.05, 4.69) is 20.2 Å². The summed E-state index contributed by atoms with van der Waals surface area (Å²) in [4.78, 5) is 22.9. The van der Waals surface area contributed by atoms with Crippen molar-refractivity contribution in [3.8, 4) is 0 Å². The Morgan fingerprint density at radius 1 is 1.30 bits per heavy atom. The number of anilines is 1. The van der Waals surface area contributed by atoms with E-state index in [9.17, 15) is 4.79 Å². The normalized spacial score (nSPS) is 20.1. The van der Waals surface area contributed by atoms with Crippen LogP contribution in [0.1, 0.15) is 36.2 Å². The molecule has 1 aromatic heterocycles. The van der Waals surface area contributed by atoms with Gasteiger partial charge in [0.25, 0.3) is 5.91 Å². The van der Waals surface area contributed by atoms with Crippen LogP contribution in [0.15, 0.2) is 12.3 Å². The lowest BCUT2D eigenvalue weighted by molar-refractivity contribution is 0.0932. The summed E-state index contributed by atoms with van der Waals surface area (Å²) in [6, 6.07) is 1.98. The molecule has 0 bridgehead atoms. The molecule has 2 aliphatic rings. The molecule has 1 saturated carbocycles. The first-order valence-corrected chi connectivity index (χ1v) is 7.29. The van der Waals surface area contributed by atoms with Gasteiger partial charge < -0.3 is 15.0 Å². The molecule has 0 atom stereocenters. The minimum Gasteiger partial charge on any atom is -0.378 e. The number of amides is 1. The second-order valence-electron chi connectivity index (χ2n) is 5.30. The number of carbonyl (C=O) groups is 1. The number of carbonyl (C=O) groups excluding carboxylic acids is 1. The Bertz CT molecular complexity index is 468. The van der Waals surface area contributed by atoms with Crippen LogP contribution >= 0.6 is 0 Å². The van der Waals surface area contributed by atoms with Crippen LogP contribution in [0, 0.1) is 0 Å². The molecule has 6 heteroatoms. The SMILES string of the molecule is O=C(NC1CCCC1)c1ccnc(N2CCOCC2)n1. The minimum absolute atomic E-state index is 0.0891. The van der Waals surface area contributed by atoms with Crippen LogP contribution in [0.4, 0.5) is 5.95 Å². The summed E-state index contributed by atoms with van der Waals surface area (Å²) < 4.78 is 5.31. The lowest BCUT2D eigenvalue weighted by Gasteiger charge is -2.26. The lowest BCUT2D eigenvalue weighted by atomic mass is 10.2. The molecule has 1 saturated heterocycles. The van der Waals surface area contributed by atoms with Crippen molar-refractivity contribution in [2.75, 3.05) is 31.2 Å². The third-order valence-corrected chi connectivity index (χ3v) is 3.86. The quantitative estimate of drug-likeness (QED) is 0.891. The minimum atomic E-state index is -0.0891. The molecule has 1 amide bonds. The summed E-state index contributed by atoms with van der Waals surface area (Å²) in [6.07, 6.45) is 6.21. The van der Waals surface area contributed by atoms with Crippen LogP contribution in [-0.4, -0.2) is 48.2 Å². The maximum atomic E-state index is 12.2.